The van der Waals surface area contributed by atoms with Crippen LogP contribution < -0.4 is 9.62 Å². The fourth-order valence-corrected chi connectivity index (χ4v) is 4.74. The molecule has 0 saturated carbocycles. The Hall–Kier alpha value is -2.39. The number of carbonyl (C=O) groups excluding carboxylic acids is 2. The van der Waals surface area contributed by atoms with Gasteiger partial charge in [-0.05, 0) is 42.2 Å². The van der Waals surface area contributed by atoms with Crippen LogP contribution in [0.5, 0.6) is 0 Å². The lowest BCUT2D eigenvalue weighted by atomic mass is 10.0. The lowest BCUT2D eigenvalue weighted by Gasteiger charge is -2.32. The zero-order chi connectivity index (χ0) is 24.1. The van der Waals surface area contributed by atoms with Gasteiger partial charge in [0.15, 0.2) is 0 Å². The SMILES string of the molecule is CNC(=O)[C@@H](C)N(Cc1cccc(Br)c1)C(=O)CN(c1ccccc1C(C)C)S(C)(=O)=O. The zero-order valence-electron chi connectivity index (χ0n) is 19.0. The molecule has 174 valence electrons. The molecular weight excluding hydrogens is 494 g/mol. The predicted molar refractivity (Wildman–Crippen MR) is 131 cm³/mol. The Kier molecular flexibility index (Phi) is 8.86. The molecule has 0 spiro atoms. The van der Waals surface area contributed by atoms with E-state index in [1.165, 1.54) is 11.9 Å². The van der Waals surface area contributed by atoms with Gasteiger partial charge in [-0.2, -0.15) is 0 Å². The molecular formula is C23H30BrN3O4S. The van der Waals surface area contributed by atoms with Crippen molar-refractivity contribution in [2.75, 3.05) is 24.2 Å². The highest BCUT2D eigenvalue weighted by Crippen LogP contribution is 2.29. The second kappa shape index (κ2) is 11.0. The summed E-state index contributed by atoms with van der Waals surface area (Å²) in [6.45, 7) is 5.32. The van der Waals surface area contributed by atoms with Crippen LogP contribution in [0.4, 0.5) is 5.69 Å². The first-order valence-electron chi connectivity index (χ1n) is 10.3. The molecule has 1 N–H and O–H groups in total. The monoisotopic (exact) mass is 523 g/mol. The molecule has 0 saturated heterocycles. The van der Waals surface area contributed by atoms with Crippen LogP contribution in [-0.4, -0.2) is 51.0 Å². The largest absolute Gasteiger partial charge is 0.357 e. The third-order valence-corrected chi connectivity index (χ3v) is 6.78. The van der Waals surface area contributed by atoms with Gasteiger partial charge in [-0.15, -0.1) is 0 Å². The van der Waals surface area contributed by atoms with E-state index in [0.717, 1.165) is 26.2 Å². The van der Waals surface area contributed by atoms with E-state index in [0.29, 0.717) is 5.69 Å². The highest BCUT2D eigenvalue weighted by atomic mass is 79.9. The summed E-state index contributed by atoms with van der Waals surface area (Å²) < 4.78 is 27.4. The number of nitrogens with zero attached hydrogens (tertiary/aromatic N) is 2. The Morgan fingerprint density at radius 1 is 1.06 bits per heavy atom. The number of para-hydroxylation sites is 1. The zero-order valence-corrected chi connectivity index (χ0v) is 21.4. The molecule has 0 bridgehead atoms. The normalized spacial score (nSPS) is 12.3. The number of amides is 2. The number of sulfonamides is 1. The van der Waals surface area contributed by atoms with Crippen molar-refractivity contribution in [3.63, 3.8) is 0 Å². The summed E-state index contributed by atoms with van der Waals surface area (Å²) in [6.07, 6.45) is 1.08. The quantitative estimate of drug-likeness (QED) is 0.544. The average Bonchev–Trinajstić information content (AvgIpc) is 2.73. The summed E-state index contributed by atoms with van der Waals surface area (Å²) in [5, 5.41) is 2.56. The molecule has 0 aliphatic carbocycles. The number of benzene rings is 2. The first-order valence-corrected chi connectivity index (χ1v) is 12.9. The van der Waals surface area contributed by atoms with Gasteiger partial charge in [0.25, 0.3) is 0 Å². The van der Waals surface area contributed by atoms with E-state index in [4.69, 9.17) is 0 Å². The smallest absolute Gasteiger partial charge is 0.244 e. The standard InChI is InChI=1S/C23H30BrN3O4S/c1-16(2)20-11-6-7-12-21(20)27(32(5,30)31)15-22(28)26(17(3)23(29)25-4)14-18-9-8-10-19(24)13-18/h6-13,16-17H,14-15H2,1-5H3,(H,25,29)/t17-/m1/s1. The Bertz CT molecular complexity index is 1070. The van der Waals surface area contributed by atoms with Gasteiger partial charge in [0.05, 0.1) is 11.9 Å². The van der Waals surface area contributed by atoms with Gasteiger partial charge in [0.1, 0.15) is 12.6 Å². The van der Waals surface area contributed by atoms with Crippen molar-refractivity contribution < 1.29 is 18.0 Å². The predicted octanol–water partition coefficient (Wildman–Crippen LogP) is 3.50. The molecule has 2 amide bonds. The van der Waals surface area contributed by atoms with Gasteiger partial charge < -0.3 is 10.2 Å². The van der Waals surface area contributed by atoms with E-state index < -0.39 is 28.5 Å². The fraction of sp³-hybridized carbons (Fsp3) is 0.391. The van der Waals surface area contributed by atoms with E-state index >= 15 is 0 Å². The average molecular weight is 524 g/mol. The third kappa shape index (κ3) is 6.56. The number of nitrogens with one attached hydrogen (secondary N) is 1. The maximum absolute atomic E-state index is 13.4. The molecule has 0 fully saturated rings. The summed E-state index contributed by atoms with van der Waals surface area (Å²) in [5.74, 6) is -0.736. The van der Waals surface area contributed by atoms with Crippen LogP contribution in [0.1, 0.15) is 37.8 Å². The molecule has 0 heterocycles. The summed E-state index contributed by atoms with van der Waals surface area (Å²) >= 11 is 3.42. The van der Waals surface area contributed by atoms with E-state index in [1.807, 2.05) is 50.2 Å². The number of hydrogen-bond donors (Lipinski definition) is 1. The maximum atomic E-state index is 13.4. The lowest BCUT2D eigenvalue weighted by Crippen LogP contribution is -2.50. The van der Waals surface area contributed by atoms with Crippen LogP contribution in [0.25, 0.3) is 0 Å². The molecule has 1 atom stereocenters. The summed E-state index contributed by atoms with van der Waals surface area (Å²) in [5.41, 5.74) is 2.11. The molecule has 0 aliphatic rings. The lowest BCUT2D eigenvalue weighted by molar-refractivity contribution is -0.139. The van der Waals surface area contributed by atoms with E-state index in [-0.39, 0.29) is 18.4 Å². The summed E-state index contributed by atoms with van der Waals surface area (Å²) in [6, 6.07) is 13.8. The molecule has 0 unspecified atom stereocenters. The molecule has 0 radical (unpaired) electrons. The maximum Gasteiger partial charge on any atom is 0.244 e. The molecule has 2 rings (SSSR count). The second-order valence-electron chi connectivity index (χ2n) is 7.92. The minimum atomic E-state index is -3.76. The third-order valence-electron chi connectivity index (χ3n) is 5.16. The van der Waals surface area contributed by atoms with Crippen molar-refractivity contribution in [1.82, 2.24) is 10.2 Å². The van der Waals surface area contributed by atoms with Crippen LogP contribution in [-0.2, 0) is 26.2 Å². The van der Waals surface area contributed by atoms with Crippen molar-refractivity contribution in [2.24, 2.45) is 0 Å². The van der Waals surface area contributed by atoms with Crippen LogP contribution >= 0.6 is 15.9 Å². The molecule has 0 aromatic heterocycles. The van der Waals surface area contributed by atoms with Crippen molar-refractivity contribution in [2.45, 2.75) is 39.3 Å². The molecule has 9 heteroatoms. The van der Waals surface area contributed by atoms with E-state index in [9.17, 15) is 18.0 Å². The van der Waals surface area contributed by atoms with Gasteiger partial charge in [-0.25, -0.2) is 8.42 Å². The summed E-state index contributed by atoms with van der Waals surface area (Å²) in [7, 11) is -2.25. The van der Waals surface area contributed by atoms with Crippen LogP contribution in [0.3, 0.4) is 0 Å². The molecule has 32 heavy (non-hydrogen) atoms. The number of halogens is 1. The van der Waals surface area contributed by atoms with Crippen LogP contribution in [0.2, 0.25) is 0 Å². The molecule has 2 aromatic rings. The topological polar surface area (TPSA) is 86.8 Å². The molecule has 7 nitrogen and oxygen atoms in total. The fourth-order valence-electron chi connectivity index (χ4n) is 3.42. The number of anilines is 1. The van der Waals surface area contributed by atoms with Gasteiger partial charge in [-0.3, -0.25) is 13.9 Å². The Morgan fingerprint density at radius 2 is 1.72 bits per heavy atom. The van der Waals surface area contributed by atoms with Crippen molar-refractivity contribution in [1.29, 1.82) is 0 Å². The minimum absolute atomic E-state index is 0.0631. The molecule has 2 aromatic carbocycles. The number of rotatable bonds is 9. The number of hydrogen-bond acceptors (Lipinski definition) is 4. The Balaban J connectivity index is 2.45. The minimum Gasteiger partial charge on any atom is -0.357 e. The Morgan fingerprint density at radius 3 is 2.28 bits per heavy atom. The first kappa shape index (κ1) is 25.9. The molecule has 0 aliphatic heterocycles. The Labute approximate surface area is 199 Å². The van der Waals surface area contributed by atoms with Gasteiger partial charge in [0, 0.05) is 18.1 Å². The van der Waals surface area contributed by atoms with Gasteiger partial charge in [0.2, 0.25) is 21.8 Å². The van der Waals surface area contributed by atoms with Crippen molar-refractivity contribution >= 4 is 43.5 Å². The van der Waals surface area contributed by atoms with Crippen LogP contribution in [0, 0.1) is 0 Å². The number of likely N-dealkylation sites (N-methyl/N-ethyl adjacent to an activating group) is 1. The highest BCUT2D eigenvalue weighted by molar-refractivity contribution is 9.10. The first-order chi connectivity index (χ1) is 15.0. The van der Waals surface area contributed by atoms with E-state index in [1.54, 1.807) is 19.1 Å². The summed E-state index contributed by atoms with van der Waals surface area (Å²) in [4.78, 5) is 27.2. The van der Waals surface area contributed by atoms with Crippen LogP contribution in [0.15, 0.2) is 53.0 Å². The highest BCUT2D eigenvalue weighted by Gasteiger charge is 2.30. The van der Waals surface area contributed by atoms with Gasteiger partial charge >= 0.3 is 0 Å². The van der Waals surface area contributed by atoms with Gasteiger partial charge in [-0.1, -0.05) is 60.1 Å². The number of carbonyl (C=O) groups is 2. The van der Waals surface area contributed by atoms with Crippen molar-refractivity contribution in [3.8, 4) is 0 Å². The van der Waals surface area contributed by atoms with Crippen molar-refractivity contribution in [3.05, 3.63) is 64.1 Å². The second-order valence-corrected chi connectivity index (χ2v) is 10.7. The van der Waals surface area contributed by atoms with E-state index in [2.05, 4.69) is 21.2 Å².